The van der Waals surface area contributed by atoms with Crippen molar-refractivity contribution in [2.75, 3.05) is 33.5 Å². The molecule has 1 atom stereocenters. The van der Waals surface area contributed by atoms with Crippen molar-refractivity contribution in [1.29, 1.82) is 0 Å². The van der Waals surface area contributed by atoms with Gasteiger partial charge in [0.15, 0.2) is 0 Å². The Morgan fingerprint density at radius 2 is 1.91 bits per heavy atom. The van der Waals surface area contributed by atoms with Crippen LogP contribution in [-0.2, 0) is 15.9 Å². The van der Waals surface area contributed by atoms with Gasteiger partial charge in [0.2, 0.25) is 0 Å². The largest absolute Gasteiger partial charge is 0.491 e. The lowest BCUT2D eigenvalue weighted by Crippen LogP contribution is -2.40. The van der Waals surface area contributed by atoms with E-state index in [0.717, 1.165) is 12.2 Å². The lowest BCUT2D eigenvalue weighted by molar-refractivity contribution is -0.0906. The number of benzene rings is 1. The molecular formula is C17H26O5. The van der Waals surface area contributed by atoms with Gasteiger partial charge >= 0.3 is 0 Å². The number of ether oxygens (including phenoxy) is 3. The Morgan fingerprint density at radius 3 is 2.55 bits per heavy atom. The number of aliphatic hydroxyl groups excluding tert-OH is 1. The summed E-state index contributed by atoms with van der Waals surface area (Å²) in [5, 5.41) is 20.4. The summed E-state index contributed by atoms with van der Waals surface area (Å²) in [7, 11) is 1.69. The third-order valence-corrected chi connectivity index (χ3v) is 4.00. The van der Waals surface area contributed by atoms with Crippen molar-refractivity contribution in [3.63, 3.8) is 0 Å². The van der Waals surface area contributed by atoms with Gasteiger partial charge in [-0.1, -0.05) is 12.1 Å². The van der Waals surface area contributed by atoms with Crippen LogP contribution < -0.4 is 4.74 Å². The van der Waals surface area contributed by atoms with Crippen LogP contribution in [-0.4, -0.2) is 55.5 Å². The molecule has 1 aromatic rings. The molecule has 0 spiro atoms. The second-order valence-electron chi connectivity index (χ2n) is 5.89. The zero-order valence-electron chi connectivity index (χ0n) is 13.2. The highest BCUT2D eigenvalue weighted by atomic mass is 16.5. The predicted octanol–water partition coefficient (Wildman–Crippen LogP) is 1.55. The molecule has 5 nitrogen and oxygen atoms in total. The quantitative estimate of drug-likeness (QED) is 0.762. The van der Waals surface area contributed by atoms with E-state index in [9.17, 15) is 10.2 Å². The van der Waals surface area contributed by atoms with Gasteiger partial charge < -0.3 is 24.4 Å². The topological polar surface area (TPSA) is 68.2 Å². The van der Waals surface area contributed by atoms with Crippen molar-refractivity contribution in [2.45, 2.75) is 37.4 Å². The van der Waals surface area contributed by atoms with Crippen molar-refractivity contribution < 1.29 is 24.4 Å². The summed E-state index contributed by atoms with van der Waals surface area (Å²) in [6.45, 7) is 1.97. The molecule has 0 amide bonds. The van der Waals surface area contributed by atoms with E-state index < -0.39 is 11.7 Å². The van der Waals surface area contributed by atoms with Crippen molar-refractivity contribution in [3.05, 3.63) is 29.8 Å². The molecule has 124 valence electrons. The minimum Gasteiger partial charge on any atom is -0.491 e. The van der Waals surface area contributed by atoms with Gasteiger partial charge in [-0.25, -0.2) is 0 Å². The molecule has 1 heterocycles. The van der Waals surface area contributed by atoms with Crippen LogP contribution in [0.2, 0.25) is 0 Å². The van der Waals surface area contributed by atoms with Crippen LogP contribution in [0.15, 0.2) is 24.3 Å². The molecule has 1 fully saturated rings. The third-order valence-electron chi connectivity index (χ3n) is 4.00. The molecule has 1 aliphatic rings. The van der Waals surface area contributed by atoms with Gasteiger partial charge in [0.1, 0.15) is 12.4 Å². The lowest BCUT2D eigenvalue weighted by atomic mass is 9.88. The highest BCUT2D eigenvalue weighted by Gasteiger charge is 2.32. The molecule has 1 saturated heterocycles. The minimum atomic E-state index is -0.828. The van der Waals surface area contributed by atoms with Crippen molar-refractivity contribution in [3.8, 4) is 5.75 Å². The zero-order chi connectivity index (χ0) is 15.8. The number of rotatable bonds is 8. The first-order valence-corrected chi connectivity index (χ1v) is 7.80. The number of methoxy groups -OCH3 is 1. The van der Waals surface area contributed by atoms with Gasteiger partial charge in [-0.2, -0.15) is 0 Å². The van der Waals surface area contributed by atoms with E-state index >= 15 is 0 Å². The van der Waals surface area contributed by atoms with Gasteiger partial charge in [-0.15, -0.1) is 0 Å². The van der Waals surface area contributed by atoms with Crippen molar-refractivity contribution in [2.24, 2.45) is 0 Å². The SMILES string of the molecule is COCCc1ccc(OCC(O)CC2(O)CCOCC2)cc1. The monoisotopic (exact) mass is 310 g/mol. The second-order valence-corrected chi connectivity index (χ2v) is 5.89. The Bertz CT molecular complexity index is 425. The van der Waals surface area contributed by atoms with E-state index in [1.807, 2.05) is 24.3 Å². The van der Waals surface area contributed by atoms with Crippen LogP contribution in [0.25, 0.3) is 0 Å². The molecule has 22 heavy (non-hydrogen) atoms. The summed E-state index contributed by atoms with van der Waals surface area (Å²) in [6, 6.07) is 7.77. The Labute approximate surface area is 131 Å². The van der Waals surface area contributed by atoms with Crippen LogP contribution in [0.3, 0.4) is 0 Å². The van der Waals surface area contributed by atoms with E-state index in [-0.39, 0.29) is 6.61 Å². The molecular weight excluding hydrogens is 284 g/mol. The van der Waals surface area contributed by atoms with Gasteiger partial charge in [0.05, 0.1) is 18.3 Å². The van der Waals surface area contributed by atoms with E-state index in [1.165, 1.54) is 5.56 Å². The molecule has 1 aliphatic heterocycles. The van der Waals surface area contributed by atoms with Crippen LogP contribution in [0.4, 0.5) is 0 Å². The maximum atomic E-state index is 10.4. The van der Waals surface area contributed by atoms with Crippen LogP contribution in [0.5, 0.6) is 5.75 Å². The first-order valence-electron chi connectivity index (χ1n) is 7.80. The first kappa shape index (κ1) is 17.2. The number of aliphatic hydroxyl groups is 2. The fourth-order valence-electron chi connectivity index (χ4n) is 2.62. The molecule has 0 aliphatic carbocycles. The maximum Gasteiger partial charge on any atom is 0.119 e. The summed E-state index contributed by atoms with van der Waals surface area (Å²) in [4.78, 5) is 0. The fourth-order valence-corrected chi connectivity index (χ4v) is 2.62. The fraction of sp³-hybridized carbons (Fsp3) is 0.647. The number of hydrogen-bond acceptors (Lipinski definition) is 5. The van der Waals surface area contributed by atoms with Crippen molar-refractivity contribution >= 4 is 0 Å². The van der Waals surface area contributed by atoms with Gasteiger partial charge in [0.25, 0.3) is 0 Å². The average Bonchev–Trinajstić information content (AvgIpc) is 2.52. The second kappa shape index (κ2) is 8.48. The Morgan fingerprint density at radius 1 is 1.23 bits per heavy atom. The first-order chi connectivity index (χ1) is 10.6. The lowest BCUT2D eigenvalue weighted by Gasteiger charge is -2.33. The van der Waals surface area contributed by atoms with E-state index in [2.05, 4.69) is 0 Å². The summed E-state index contributed by atoms with van der Waals surface area (Å²) in [6.07, 6.45) is 1.64. The third kappa shape index (κ3) is 5.57. The molecule has 1 aromatic carbocycles. The van der Waals surface area contributed by atoms with E-state index in [1.54, 1.807) is 7.11 Å². The normalized spacial score (nSPS) is 18.9. The van der Waals surface area contributed by atoms with Crippen LogP contribution in [0.1, 0.15) is 24.8 Å². The van der Waals surface area contributed by atoms with Gasteiger partial charge in [-0.05, 0) is 37.0 Å². The van der Waals surface area contributed by atoms with Gasteiger partial charge in [0, 0.05) is 26.7 Å². The molecule has 5 heteroatoms. The maximum absolute atomic E-state index is 10.4. The average molecular weight is 310 g/mol. The molecule has 2 rings (SSSR count). The molecule has 1 unspecified atom stereocenters. The van der Waals surface area contributed by atoms with Crippen LogP contribution >= 0.6 is 0 Å². The van der Waals surface area contributed by atoms with Gasteiger partial charge in [-0.3, -0.25) is 0 Å². The molecule has 0 bridgehead atoms. The Hall–Kier alpha value is -1.14. The molecule has 0 saturated carbocycles. The standard InChI is InChI=1S/C17H26O5/c1-20-9-6-14-2-4-16(5-3-14)22-13-15(18)12-17(19)7-10-21-11-8-17/h2-5,15,18-19H,6-13H2,1H3. The number of hydrogen-bond donors (Lipinski definition) is 2. The summed E-state index contributed by atoms with van der Waals surface area (Å²) in [5.74, 6) is 0.721. The summed E-state index contributed by atoms with van der Waals surface area (Å²) < 4.78 is 15.9. The highest BCUT2D eigenvalue weighted by molar-refractivity contribution is 5.27. The zero-order valence-corrected chi connectivity index (χ0v) is 13.2. The van der Waals surface area contributed by atoms with Crippen LogP contribution in [0, 0.1) is 0 Å². The Balaban J connectivity index is 1.74. The highest BCUT2D eigenvalue weighted by Crippen LogP contribution is 2.26. The summed E-state index contributed by atoms with van der Waals surface area (Å²) >= 11 is 0. The summed E-state index contributed by atoms with van der Waals surface area (Å²) in [5.41, 5.74) is 0.358. The van der Waals surface area contributed by atoms with E-state index in [4.69, 9.17) is 14.2 Å². The van der Waals surface area contributed by atoms with E-state index in [0.29, 0.717) is 39.1 Å². The molecule has 2 N–H and O–H groups in total. The van der Waals surface area contributed by atoms with Crippen molar-refractivity contribution in [1.82, 2.24) is 0 Å². The Kier molecular flexibility index (Phi) is 6.64. The smallest absolute Gasteiger partial charge is 0.119 e. The molecule has 0 radical (unpaired) electrons. The predicted molar refractivity (Wildman–Crippen MR) is 83.1 cm³/mol. The molecule has 0 aromatic heterocycles. The minimum absolute atomic E-state index is 0.181.